The van der Waals surface area contributed by atoms with Crippen LogP contribution in [0.3, 0.4) is 0 Å². The van der Waals surface area contributed by atoms with Gasteiger partial charge in [0.05, 0.1) is 19.3 Å². The fourth-order valence-corrected chi connectivity index (χ4v) is 3.67. The Kier molecular flexibility index (Phi) is 4.05. The fraction of sp³-hybridized carbons (Fsp3) is 0.636. The van der Waals surface area contributed by atoms with Crippen molar-refractivity contribution in [1.82, 2.24) is 14.6 Å². The molecule has 3 aliphatic rings. The first-order valence-corrected chi connectivity index (χ1v) is 8.40. The number of nitrogens with zero attached hydrogens (tertiary/aromatic N) is 1. The first-order valence-electron chi connectivity index (χ1n) is 6.79. The Balaban J connectivity index is 1.93. The number of aromatic amines is 1. The molecule has 0 spiro atoms. The van der Waals surface area contributed by atoms with E-state index >= 15 is 0 Å². The van der Waals surface area contributed by atoms with Crippen molar-refractivity contribution < 1.29 is 28.9 Å². The van der Waals surface area contributed by atoms with Crippen LogP contribution in [0, 0.1) is 0 Å². The lowest BCUT2D eigenvalue weighted by Crippen LogP contribution is -2.68. The first-order chi connectivity index (χ1) is 10.7. The maximum Gasteiger partial charge on any atom is 0.400 e. The SMILES string of the molecule is O=c1ccn([C@@H]2O[C@@]3(CO)CO[C@H]2CC3NP(=O)(O)O)c(=O)[nH]1. The van der Waals surface area contributed by atoms with E-state index in [0.717, 1.165) is 10.6 Å². The van der Waals surface area contributed by atoms with Crippen LogP contribution in [0.15, 0.2) is 21.9 Å². The molecular weight excluding hydrogens is 333 g/mol. The lowest BCUT2D eigenvalue weighted by molar-refractivity contribution is -0.311. The number of aromatic nitrogens is 2. The molecule has 0 radical (unpaired) electrons. The molecule has 0 amide bonds. The Morgan fingerprint density at radius 2 is 2.22 bits per heavy atom. The second-order valence-electron chi connectivity index (χ2n) is 5.56. The van der Waals surface area contributed by atoms with E-state index in [4.69, 9.17) is 19.3 Å². The fourth-order valence-electron chi connectivity index (χ4n) is 2.93. The van der Waals surface area contributed by atoms with E-state index in [2.05, 4.69) is 10.1 Å². The van der Waals surface area contributed by atoms with Crippen LogP contribution in [0.1, 0.15) is 12.6 Å². The quantitative estimate of drug-likeness (QED) is 0.374. The number of hydrogen-bond donors (Lipinski definition) is 5. The zero-order valence-corrected chi connectivity index (χ0v) is 12.7. The minimum Gasteiger partial charge on any atom is -0.393 e. The molecule has 23 heavy (non-hydrogen) atoms. The minimum atomic E-state index is -4.54. The molecule has 1 aromatic rings. The highest BCUT2D eigenvalue weighted by molar-refractivity contribution is 7.49. The molecule has 11 nitrogen and oxygen atoms in total. The number of fused-ring (bicyclic) bond motifs is 3. The second kappa shape index (κ2) is 5.64. The third-order valence-electron chi connectivity index (χ3n) is 4.04. The van der Waals surface area contributed by atoms with Crippen molar-refractivity contribution >= 4 is 7.75 Å². The summed E-state index contributed by atoms with van der Waals surface area (Å²) < 4.78 is 23.6. The highest BCUT2D eigenvalue weighted by Crippen LogP contribution is 2.44. The van der Waals surface area contributed by atoms with E-state index in [1.54, 1.807) is 0 Å². The van der Waals surface area contributed by atoms with E-state index < -0.39 is 49.6 Å². The van der Waals surface area contributed by atoms with Gasteiger partial charge in [-0.2, -0.15) is 0 Å². The highest BCUT2D eigenvalue weighted by Gasteiger charge is 2.56. The van der Waals surface area contributed by atoms with Crippen molar-refractivity contribution in [2.45, 2.75) is 30.4 Å². The van der Waals surface area contributed by atoms with Crippen molar-refractivity contribution in [3.63, 3.8) is 0 Å². The topological polar surface area (TPSA) is 163 Å². The van der Waals surface area contributed by atoms with E-state index in [1.807, 2.05) is 0 Å². The van der Waals surface area contributed by atoms with Gasteiger partial charge < -0.3 is 24.4 Å². The van der Waals surface area contributed by atoms with Gasteiger partial charge in [-0.25, -0.2) is 14.4 Å². The molecule has 3 saturated heterocycles. The normalized spacial score (nSPS) is 33.8. The summed E-state index contributed by atoms with van der Waals surface area (Å²) in [7, 11) is -4.54. The summed E-state index contributed by atoms with van der Waals surface area (Å²) in [6.45, 7) is -0.646. The van der Waals surface area contributed by atoms with Crippen LogP contribution in [-0.4, -0.2) is 55.4 Å². The summed E-state index contributed by atoms with van der Waals surface area (Å²) in [5, 5.41) is 11.8. The average molecular weight is 349 g/mol. The molecule has 5 N–H and O–H groups in total. The average Bonchev–Trinajstić information content (AvgIpc) is 2.46. The van der Waals surface area contributed by atoms with E-state index in [-0.39, 0.29) is 13.0 Å². The van der Waals surface area contributed by atoms with Crippen molar-refractivity contribution in [3.8, 4) is 0 Å². The van der Waals surface area contributed by atoms with Crippen molar-refractivity contribution in [3.05, 3.63) is 33.1 Å². The molecule has 128 valence electrons. The predicted molar refractivity (Wildman–Crippen MR) is 74.6 cm³/mol. The van der Waals surface area contributed by atoms with Crippen LogP contribution < -0.4 is 16.3 Å². The molecule has 3 aliphatic heterocycles. The molecule has 2 bridgehead atoms. The van der Waals surface area contributed by atoms with Crippen LogP contribution in [0.4, 0.5) is 0 Å². The summed E-state index contributed by atoms with van der Waals surface area (Å²) in [5.74, 6) is 0. The van der Waals surface area contributed by atoms with Crippen LogP contribution in [0.5, 0.6) is 0 Å². The van der Waals surface area contributed by atoms with Gasteiger partial charge in [0.25, 0.3) is 5.56 Å². The van der Waals surface area contributed by atoms with Crippen LogP contribution in [-0.2, 0) is 14.0 Å². The molecule has 4 atom stereocenters. The van der Waals surface area contributed by atoms with Crippen LogP contribution in [0.2, 0.25) is 0 Å². The molecule has 12 heteroatoms. The number of aliphatic hydroxyl groups excluding tert-OH is 1. The second-order valence-corrected chi connectivity index (χ2v) is 6.91. The van der Waals surface area contributed by atoms with E-state index in [9.17, 15) is 19.3 Å². The van der Waals surface area contributed by atoms with E-state index in [0.29, 0.717) is 0 Å². The van der Waals surface area contributed by atoms with Gasteiger partial charge >= 0.3 is 13.4 Å². The molecule has 4 rings (SSSR count). The molecule has 1 aromatic heterocycles. The van der Waals surface area contributed by atoms with Crippen molar-refractivity contribution in [2.75, 3.05) is 13.2 Å². The van der Waals surface area contributed by atoms with Crippen LogP contribution >= 0.6 is 7.75 Å². The lowest BCUT2D eigenvalue weighted by atomic mass is 9.85. The predicted octanol–water partition coefficient (Wildman–Crippen LogP) is -2.36. The van der Waals surface area contributed by atoms with E-state index in [1.165, 1.54) is 6.20 Å². The Morgan fingerprint density at radius 1 is 1.48 bits per heavy atom. The lowest BCUT2D eigenvalue weighted by Gasteiger charge is -2.54. The Labute approximate surface area is 129 Å². The molecule has 0 saturated carbocycles. The maximum absolute atomic E-state index is 11.9. The Hall–Kier alpha value is -1.33. The monoisotopic (exact) mass is 349 g/mol. The molecular formula is C11H16N3O8P. The number of H-pyrrole nitrogens is 1. The standard InChI is InChI=1S/C11H16N3O8P/c15-4-11-5-21-6(3-7(11)13-23(18,19)20)9(22-11)14-2-1-8(16)12-10(14)17/h1-2,6-7,9,15H,3-5H2,(H,12,16,17)(H3,13,18,19,20)/t6-,7?,9+,11-/m0/s1. The smallest absolute Gasteiger partial charge is 0.393 e. The maximum atomic E-state index is 11.9. The number of ether oxygens (including phenoxy) is 2. The third kappa shape index (κ3) is 3.04. The van der Waals surface area contributed by atoms with Gasteiger partial charge in [0.15, 0.2) is 6.23 Å². The Morgan fingerprint density at radius 3 is 2.83 bits per heavy atom. The number of aliphatic hydroxyl groups is 1. The van der Waals surface area contributed by atoms with Crippen molar-refractivity contribution in [2.24, 2.45) is 0 Å². The highest BCUT2D eigenvalue weighted by atomic mass is 31.2. The zero-order valence-electron chi connectivity index (χ0n) is 11.8. The summed E-state index contributed by atoms with van der Waals surface area (Å²) in [4.78, 5) is 43.3. The first kappa shape index (κ1) is 16.5. The third-order valence-corrected chi connectivity index (χ3v) is 4.68. The summed E-state index contributed by atoms with van der Waals surface area (Å²) >= 11 is 0. The summed E-state index contributed by atoms with van der Waals surface area (Å²) in [6, 6.07) is 0.297. The molecule has 4 heterocycles. The van der Waals surface area contributed by atoms with Crippen LogP contribution in [0.25, 0.3) is 0 Å². The molecule has 3 fully saturated rings. The molecule has 0 aliphatic carbocycles. The van der Waals surface area contributed by atoms with Crippen molar-refractivity contribution in [1.29, 1.82) is 0 Å². The van der Waals surface area contributed by atoms with Gasteiger partial charge in [0.1, 0.15) is 11.7 Å². The number of hydrogen-bond acceptors (Lipinski definition) is 6. The minimum absolute atomic E-state index is 0.0829. The molecule has 1 unspecified atom stereocenters. The van der Waals surface area contributed by atoms with Gasteiger partial charge in [-0.15, -0.1) is 0 Å². The number of nitrogens with one attached hydrogen (secondary N) is 2. The molecule has 0 aromatic carbocycles. The zero-order chi connectivity index (χ0) is 16.8. The number of rotatable bonds is 4. The van der Waals surface area contributed by atoms with Gasteiger partial charge in [-0.1, -0.05) is 0 Å². The Bertz CT molecular complexity index is 756. The van der Waals surface area contributed by atoms with Gasteiger partial charge in [0.2, 0.25) is 0 Å². The van der Waals surface area contributed by atoms with Gasteiger partial charge in [-0.05, 0) is 6.42 Å². The van der Waals surface area contributed by atoms with Gasteiger partial charge in [-0.3, -0.25) is 14.3 Å². The summed E-state index contributed by atoms with van der Waals surface area (Å²) in [6.07, 6.45) is -0.236. The summed E-state index contributed by atoms with van der Waals surface area (Å²) in [5.41, 5.74) is -2.67. The largest absolute Gasteiger partial charge is 0.400 e. The van der Waals surface area contributed by atoms with Gasteiger partial charge in [0, 0.05) is 12.3 Å².